The number of hydrogen-bond donors (Lipinski definition) is 1. The van der Waals surface area contributed by atoms with Crippen LogP contribution >= 0.6 is 0 Å². The van der Waals surface area contributed by atoms with Crippen LogP contribution in [-0.2, 0) is 12.8 Å². The maximum atomic E-state index is 13.0. The van der Waals surface area contributed by atoms with Crippen molar-refractivity contribution in [3.63, 3.8) is 0 Å². The van der Waals surface area contributed by atoms with Gasteiger partial charge in [0.25, 0.3) is 0 Å². The molecule has 2 nitrogen and oxygen atoms in total. The summed E-state index contributed by atoms with van der Waals surface area (Å²) in [6, 6.07) is 8.42. The average molecular weight is 318 g/mol. The summed E-state index contributed by atoms with van der Waals surface area (Å²) in [6.07, 6.45) is -4.57. The summed E-state index contributed by atoms with van der Waals surface area (Å²) < 4.78 is 68.0. The molecule has 0 aliphatic carbocycles. The van der Waals surface area contributed by atoms with Crippen LogP contribution in [0, 0.1) is 0 Å². The van der Waals surface area contributed by atoms with E-state index in [9.17, 15) is 22.0 Å². The fourth-order valence-electron chi connectivity index (χ4n) is 2.04. The van der Waals surface area contributed by atoms with Crippen LogP contribution in [0.25, 0.3) is 11.1 Å². The first-order valence-electron chi connectivity index (χ1n) is 6.18. The number of aliphatic hydroxyl groups excluding tert-OH is 1. The molecule has 0 aromatic heterocycles. The van der Waals surface area contributed by atoms with E-state index in [4.69, 9.17) is 5.11 Å². The molecule has 2 rings (SSSR count). The highest BCUT2D eigenvalue weighted by Crippen LogP contribution is 2.38. The Balaban J connectivity index is 2.54. The van der Waals surface area contributed by atoms with Gasteiger partial charge in [-0.05, 0) is 23.3 Å². The summed E-state index contributed by atoms with van der Waals surface area (Å²) in [5.74, 6) is -0.355. The molecule has 0 unspecified atom stereocenters. The monoisotopic (exact) mass is 318 g/mol. The Morgan fingerprint density at radius 3 is 2.32 bits per heavy atom. The van der Waals surface area contributed by atoms with Crippen LogP contribution < -0.4 is 4.74 Å². The molecule has 0 amide bonds. The van der Waals surface area contributed by atoms with Crippen LogP contribution in [0.15, 0.2) is 42.5 Å². The zero-order valence-corrected chi connectivity index (χ0v) is 11.1. The van der Waals surface area contributed by atoms with E-state index >= 15 is 0 Å². The van der Waals surface area contributed by atoms with Crippen LogP contribution in [-0.4, -0.2) is 11.7 Å². The molecule has 7 heteroatoms. The maximum Gasteiger partial charge on any atom is 0.417 e. The first-order chi connectivity index (χ1) is 10.3. The topological polar surface area (TPSA) is 29.5 Å². The highest BCUT2D eigenvalue weighted by Gasteiger charge is 2.33. The van der Waals surface area contributed by atoms with Gasteiger partial charge in [-0.15, -0.1) is 0 Å². The SMILES string of the molecule is OCc1ccc(-c2ccccc2C(F)(F)F)cc1OC(F)F. The summed E-state index contributed by atoms with van der Waals surface area (Å²) in [4.78, 5) is 0. The number of aliphatic hydroxyl groups is 1. The smallest absolute Gasteiger partial charge is 0.417 e. The van der Waals surface area contributed by atoms with Crippen molar-refractivity contribution >= 4 is 0 Å². The van der Waals surface area contributed by atoms with Gasteiger partial charge < -0.3 is 9.84 Å². The van der Waals surface area contributed by atoms with Gasteiger partial charge in [-0.25, -0.2) is 0 Å². The van der Waals surface area contributed by atoms with Gasteiger partial charge in [0.05, 0.1) is 12.2 Å². The van der Waals surface area contributed by atoms with Gasteiger partial charge in [-0.1, -0.05) is 30.3 Å². The third kappa shape index (κ3) is 3.54. The molecule has 2 aromatic carbocycles. The number of rotatable bonds is 4. The second-order valence-corrected chi connectivity index (χ2v) is 4.40. The number of benzene rings is 2. The van der Waals surface area contributed by atoms with Crippen molar-refractivity contribution in [2.45, 2.75) is 19.4 Å². The van der Waals surface area contributed by atoms with Crippen molar-refractivity contribution < 1.29 is 31.8 Å². The molecule has 118 valence electrons. The van der Waals surface area contributed by atoms with Gasteiger partial charge in [0.15, 0.2) is 0 Å². The van der Waals surface area contributed by atoms with E-state index in [0.29, 0.717) is 0 Å². The fraction of sp³-hybridized carbons (Fsp3) is 0.200. The molecule has 0 heterocycles. The third-order valence-corrected chi connectivity index (χ3v) is 3.00. The first kappa shape index (κ1) is 16.2. The zero-order valence-electron chi connectivity index (χ0n) is 11.1. The highest BCUT2D eigenvalue weighted by molar-refractivity contribution is 5.70. The molecule has 0 aliphatic rings. The Morgan fingerprint density at radius 2 is 1.73 bits per heavy atom. The van der Waals surface area contributed by atoms with E-state index in [2.05, 4.69) is 4.74 Å². The molecule has 0 aliphatic heterocycles. The van der Waals surface area contributed by atoms with Crippen molar-refractivity contribution in [2.75, 3.05) is 0 Å². The van der Waals surface area contributed by atoms with Gasteiger partial charge in [0, 0.05) is 5.56 Å². The molecule has 0 saturated carbocycles. The molecule has 22 heavy (non-hydrogen) atoms. The first-order valence-corrected chi connectivity index (χ1v) is 6.18. The van der Waals surface area contributed by atoms with Gasteiger partial charge >= 0.3 is 12.8 Å². The molecule has 0 atom stereocenters. The van der Waals surface area contributed by atoms with E-state index in [-0.39, 0.29) is 22.4 Å². The molecule has 0 radical (unpaired) electrons. The second kappa shape index (κ2) is 6.31. The quantitative estimate of drug-likeness (QED) is 0.843. The van der Waals surface area contributed by atoms with Gasteiger partial charge in [0.1, 0.15) is 5.75 Å². The van der Waals surface area contributed by atoms with E-state index in [1.165, 1.54) is 30.3 Å². The van der Waals surface area contributed by atoms with E-state index in [0.717, 1.165) is 12.1 Å². The predicted molar refractivity (Wildman–Crippen MR) is 69.4 cm³/mol. The number of ether oxygens (including phenoxy) is 1. The summed E-state index contributed by atoms with van der Waals surface area (Å²) in [5.41, 5.74) is -0.900. The fourth-order valence-corrected chi connectivity index (χ4v) is 2.04. The van der Waals surface area contributed by atoms with Crippen LogP contribution in [0.5, 0.6) is 5.75 Å². The summed E-state index contributed by atoms with van der Waals surface area (Å²) in [7, 11) is 0. The van der Waals surface area contributed by atoms with Crippen molar-refractivity contribution in [3.05, 3.63) is 53.6 Å². The maximum absolute atomic E-state index is 13.0. The lowest BCUT2D eigenvalue weighted by molar-refractivity contribution is -0.137. The standard InChI is InChI=1S/C15H11F5O2/c16-14(17)22-13-7-9(5-6-10(13)8-21)11-3-1-2-4-12(11)15(18,19)20/h1-7,14,21H,8H2. The van der Waals surface area contributed by atoms with Gasteiger partial charge in [0.2, 0.25) is 0 Å². The van der Waals surface area contributed by atoms with Crippen molar-refractivity contribution in [3.8, 4) is 16.9 Å². The minimum atomic E-state index is -4.57. The second-order valence-electron chi connectivity index (χ2n) is 4.40. The van der Waals surface area contributed by atoms with Crippen molar-refractivity contribution in [1.29, 1.82) is 0 Å². The van der Waals surface area contributed by atoms with E-state index in [1.807, 2.05) is 0 Å². The van der Waals surface area contributed by atoms with Gasteiger partial charge in [-0.3, -0.25) is 0 Å². The largest absolute Gasteiger partial charge is 0.434 e. The van der Waals surface area contributed by atoms with Crippen LogP contribution in [0.2, 0.25) is 0 Å². The molecule has 0 spiro atoms. The Morgan fingerprint density at radius 1 is 1.05 bits per heavy atom. The molecule has 0 fully saturated rings. The lowest BCUT2D eigenvalue weighted by atomic mass is 9.98. The Hall–Kier alpha value is -2.15. The summed E-state index contributed by atoms with van der Waals surface area (Å²) in [5, 5.41) is 9.07. The van der Waals surface area contributed by atoms with Gasteiger partial charge in [-0.2, -0.15) is 22.0 Å². The average Bonchev–Trinajstić information content (AvgIpc) is 2.45. The molecule has 1 N–H and O–H groups in total. The number of halogens is 5. The minimum Gasteiger partial charge on any atom is -0.434 e. The Labute approximate surface area is 122 Å². The lowest BCUT2D eigenvalue weighted by Gasteiger charge is -2.15. The third-order valence-electron chi connectivity index (χ3n) is 3.00. The minimum absolute atomic E-state index is 0.0635. The highest BCUT2D eigenvalue weighted by atomic mass is 19.4. The zero-order chi connectivity index (χ0) is 16.3. The normalized spacial score (nSPS) is 11.8. The molecular weight excluding hydrogens is 307 g/mol. The van der Waals surface area contributed by atoms with Crippen molar-refractivity contribution in [2.24, 2.45) is 0 Å². The molecule has 2 aromatic rings. The summed E-state index contributed by atoms with van der Waals surface area (Å²) in [6.45, 7) is -3.71. The Kier molecular flexibility index (Phi) is 4.65. The predicted octanol–water partition coefficient (Wildman–Crippen LogP) is 4.47. The summed E-state index contributed by atoms with van der Waals surface area (Å²) >= 11 is 0. The van der Waals surface area contributed by atoms with Crippen LogP contribution in [0.4, 0.5) is 22.0 Å². The number of alkyl halides is 5. The lowest BCUT2D eigenvalue weighted by Crippen LogP contribution is -2.08. The van der Waals surface area contributed by atoms with E-state index in [1.54, 1.807) is 0 Å². The molecular formula is C15H11F5O2. The Bertz CT molecular complexity index is 653. The van der Waals surface area contributed by atoms with Crippen LogP contribution in [0.1, 0.15) is 11.1 Å². The van der Waals surface area contributed by atoms with Crippen molar-refractivity contribution in [1.82, 2.24) is 0 Å². The molecule has 0 saturated heterocycles. The van der Waals surface area contributed by atoms with Crippen LogP contribution in [0.3, 0.4) is 0 Å². The molecule has 0 bridgehead atoms. The number of hydrogen-bond acceptors (Lipinski definition) is 2. The van der Waals surface area contributed by atoms with E-state index < -0.39 is 25.0 Å².